The highest BCUT2D eigenvalue weighted by Gasteiger charge is 2.43. The number of aliphatic hydroxyl groups is 3. The number of rotatable bonds is 3. The lowest BCUT2D eigenvalue weighted by Gasteiger charge is -2.17. The third-order valence-electron chi connectivity index (χ3n) is 4.38. The minimum atomic E-state index is -1.13. The van der Waals surface area contributed by atoms with E-state index in [0.29, 0.717) is 0 Å². The van der Waals surface area contributed by atoms with Gasteiger partial charge in [0.1, 0.15) is 18.3 Å². The Bertz CT molecular complexity index is 851. The maximum Gasteiger partial charge on any atom is 0.164 e. The summed E-state index contributed by atoms with van der Waals surface area (Å²) in [6.07, 6.45) is 1.19. The summed E-state index contributed by atoms with van der Waals surface area (Å²) in [5.41, 5.74) is 3.58. The van der Waals surface area contributed by atoms with E-state index >= 15 is 0 Å². The zero-order valence-electron chi connectivity index (χ0n) is 12.7. The Morgan fingerprint density at radius 1 is 1.04 bits per heavy atom. The van der Waals surface area contributed by atoms with Crippen LogP contribution in [0, 0.1) is 0 Å². The first-order valence-corrected chi connectivity index (χ1v) is 7.68. The van der Waals surface area contributed by atoms with E-state index < -0.39 is 24.5 Å². The number of imidazole rings is 1. The first-order chi connectivity index (χ1) is 11.7. The third-order valence-corrected chi connectivity index (χ3v) is 4.38. The summed E-state index contributed by atoms with van der Waals surface area (Å²) in [6.45, 7) is -0.354. The van der Waals surface area contributed by atoms with Crippen molar-refractivity contribution in [3.63, 3.8) is 0 Å². The Kier molecular flexibility index (Phi) is 3.78. The monoisotopic (exact) mass is 327 g/mol. The molecule has 3 aromatic rings. The number of pyridine rings is 1. The molecule has 7 nitrogen and oxygen atoms in total. The molecule has 0 saturated carbocycles. The predicted molar refractivity (Wildman–Crippen MR) is 86.0 cm³/mol. The van der Waals surface area contributed by atoms with Crippen molar-refractivity contribution in [3.8, 4) is 11.1 Å². The van der Waals surface area contributed by atoms with Crippen LogP contribution in [0.25, 0.3) is 22.2 Å². The van der Waals surface area contributed by atoms with E-state index in [2.05, 4.69) is 9.97 Å². The number of benzene rings is 1. The van der Waals surface area contributed by atoms with Crippen molar-refractivity contribution in [2.45, 2.75) is 24.5 Å². The molecule has 0 radical (unpaired) electrons. The first-order valence-electron chi connectivity index (χ1n) is 7.68. The zero-order chi connectivity index (χ0) is 16.7. The molecule has 2 aromatic heterocycles. The molecule has 0 aliphatic carbocycles. The van der Waals surface area contributed by atoms with Crippen LogP contribution in [-0.4, -0.2) is 54.8 Å². The minimum Gasteiger partial charge on any atom is -0.394 e. The van der Waals surface area contributed by atoms with Gasteiger partial charge in [0.2, 0.25) is 0 Å². The van der Waals surface area contributed by atoms with Gasteiger partial charge in [-0.15, -0.1) is 0 Å². The lowest BCUT2D eigenvalue weighted by atomic mass is 10.1. The Morgan fingerprint density at radius 3 is 2.54 bits per heavy atom. The molecule has 4 atom stereocenters. The molecule has 4 rings (SSSR count). The SMILES string of the molecule is OC[C@H]1O[C@@H](n2cnc3cc(-c4ccncc4)ccc32)[C@H](O)[C@@H]1O. The number of nitrogens with zero attached hydrogens (tertiary/aromatic N) is 3. The van der Waals surface area contributed by atoms with Crippen LogP contribution in [-0.2, 0) is 4.74 Å². The van der Waals surface area contributed by atoms with Crippen LogP contribution in [0.4, 0.5) is 0 Å². The maximum atomic E-state index is 10.2. The summed E-state index contributed by atoms with van der Waals surface area (Å²) in [5, 5.41) is 29.3. The fourth-order valence-electron chi connectivity index (χ4n) is 3.07. The van der Waals surface area contributed by atoms with E-state index in [4.69, 9.17) is 4.74 Å². The molecule has 0 bridgehead atoms. The van der Waals surface area contributed by atoms with Gasteiger partial charge in [-0.05, 0) is 35.4 Å². The van der Waals surface area contributed by atoms with Gasteiger partial charge in [0.25, 0.3) is 0 Å². The largest absolute Gasteiger partial charge is 0.394 e. The summed E-state index contributed by atoms with van der Waals surface area (Å²) in [6, 6.07) is 9.64. The van der Waals surface area contributed by atoms with Gasteiger partial charge < -0.3 is 24.6 Å². The van der Waals surface area contributed by atoms with Crippen LogP contribution >= 0.6 is 0 Å². The Hall–Kier alpha value is -2.32. The number of hydrogen-bond donors (Lipinski definition) is 3. The van der Waals surface area contributed by atoms with Gasteiger partial charge >= 0.3 is 0 Å². The first kappa shape index (κ1) is 15.2. The molecule has 7 heteroatoms. The van der Waals surface area contributed by atoms with Crippen molar-refractivity contribution in [3.05, 3.63) is 49.1 Å². The Labute approximate surface area is 137 Å². The van der Waals surface area contributed by atoms with Gasteiger partial charge in [0.15, 0.2) is 6.23 Å². The van der Waals surface area contributed by atoms with Crippen LogP contribution < -0.4 is 0 Å². The van der Waals surface area contributed by atoms with Gasteiger partial charge in [0, 0.05) is 12.4 Å². The molecule has 1 fully saturated rings. The highest BCUT2D eigenvalue weighted by molar-refractivity contribution is 5.82. The number of aromatic nitrogens is 3. The minimum absolute atomic E-state index is 0.354. The predicted octanol–water partition coefficient (Wildman–Crippen LogP) is 0.710. The lowest BCUT2D eigenvalue weighted by molar-refractivity contribution is -0.0508. The van der Waals surface area contributed by atoms with Crippen LogP contribution in [0.5, 0.6) is 0 Å². The molecule has 0 unspecified atom stereocenters. The zero-order valence-corrected chi connectivity index (χ0v) is 12.7. The average molecular weight is 327 g/mol. The average Bonchev–Trinajstić information content (AvgIpc) is 3.17. The van der Waals surface area contributed by atoms with Crippen molar-refractivity contribution in [1.82, 2.24) is 14.5 Å². The van der Waals surface area contributed by atoms with E-state index in [1.54, 1.807) is 23.3 Å². The quantitative estimate of drug-likeness (QED) is 0.655. The fourth-order valence-corrected chi connectivity index (χ4v) is 3.07. The topological polar surface area (TPSA) is 101 Å². The van der Waals surface area contributed by atoms with Gasteiger partial charge in [0.05, 0.1) is 24.0 Å². The molecular weight excluding hydrogens is 310 g/mol. The number of fused-ring (bicyclic) bond motifs is 1. The summed E-state index contributed by atoms with van der Waals surface area (Å²) < 4.78 is 7.24. The smallest absolute Gasteiger partial charge is 0.164 e. The van der Waals surface area contributed by atoms with Crippen molar-refractivity contribution in [1.29, 1.82) is 0 Å². The van der Waals surface area contributed by atoms with Crippen molar-refractivity contribution >= 4 is 11.0 Å². The van der Waals surface area contributed by atoms with Crippen LogP contribution in [0.2, 0.25) is 0 Å². The van der Waals surface area contributed by atoms with E-state index in [1.807, 2.05) is 30.3 Å². The second-order valence-corrected chi connectivity index (χ2v) is 5.82. The summed E-state index contributed by atoms with van der Waals surface area (Å²) >= 11 is 0. The molecule has 0 spiro atoms. The number of hydrogen-bond acceptors (Lipinski definition) is 6. The van der Waals surface area contributed by atoms with Crippen LogP contribution in [0.15, 0.2) is 49.1 Å². The normalized spacial score (nSPS) is 27.0. The van der Waals surface area contributed by atoms with E-state index in [0.717, 1.165) is 22.2 Å². The van der Waals surface area contributed by atoms with Crippen molar-refractivity contribution < 1.29 is 20.1 Å². The molecule has 1 saturated heterocycles. The third kappa shape index (κ3) is 2.38. The van der Waals surface area contributed by atoms with Crippen molar-refractivity contribution in [2.75, 3.05) is 6.61 Å². The van der Waals surface area contributed by atoms with Gasteiger partial charge in [-0.25, -0.2) is 4.98 Å². The molecule has 0 amide bonds. The summed E-state index contributed by atoms with van der Waals surface area (Å²) in [4.78, 5) is 8.38. The lowest BCUT2D eigenvalue weighted by Crippen LogP contribution is -2.33. The molecule has 3 heterocycles. The van der Waals surface area contributed by atoms with Gasteiger partial charge in [-0.1, -0.05) is 6.07 Å². The van der Waals surface area contributed by atoms with Crippen LogP contribution in [0.3, 0.4) is 0 Å². The highest BCUT2D eigenvalue weighted by Crippen LogP contribution is 2.32. The Balaban J connectivity index is 1.72. The summed E-state index contributed by atoms with van der Waals surface area (Å²) in [7, 11) is 0. The van der Waals surface area contributed by atoms with Crippen molar-refractivity contribution in [2.24, 2.45) is 0 Å². The number of ether oxygens (including phenoxy) is 1. The molecule has 1 aliphatic rings. The molecular formula is C17H17N3O4. The van der Waals surface area contributed by atoms with E-state index in [-0.39, 0.29) is 6.61 Å². The number of aliphatic hydroxyl groups excluding tert-OH is 3. The second kappa shape index (κ2) is 5.95. The standard InChI is InChI=1S/C17H17N3O4/c21-8-14-15(22)16(23)17(24-14)20-9-19-12-7-11(1-2-13(12)20)10-3-5-18-6-4-10/h1-7,9,14-17,21-23H,8H2/t14-,15-,16-,17-/m1/s1. The van der Waals surface area contributed by atoms with Crippen LogP contribution in [0.1, 0.15) is 6.23 Å². The fraction of sp³-hybridized carbons (Fsp3) is 0.294. The van der Waals surface area contributed by atoms with Gasteiger partial charge in [-0.3, -0.25) is 4.98 Å². The summed E-state index contributed by atoms with van der Waals surface area (Å²) in [5.74, 6) is 0. The maximum absolute atomic E-state index is 10.2. The van der Waals surface area contributed by atoms with Gasteiger partial charge in [-0.2, -0.15) is 0 Å². The second-order valence-electron chi connectivity index (χ2n) is 5.82. The molecule has 24 heavy (non-hydrogen) atoms. The van der Waals surface area contributed by atoms with E-state index in [9.17, 15) is 15.3 Å². The van der Waals surface area contributed by atoms with E-state index in [1.165, 1.54) is 0 Å². The molecule has 1 aromatic carbocycles. The molecule has 3 N–H and O–H groups in total. The highest BCUT2D eigenvalue weighted by atomic mass is 16.6. The molecule has 124 valence electrons. The molecule has 1 aliphatic heterocycles. The Morgan fingerprint density at radius 2 is 1.83 bits per heavy atom.